The van der Waals surface area contributed by atoms with Crippen molar-refractivity contribution in [1.29, 1.82) is 0 Å². The standard InChI is InChI=1S/C9H4Cl3F3O2/c10-8(11,12)7(16)5-1-3-6(4-2-5)17-9(13,14)15/h1-4H. The highest BCUT2D eigenvalue weighted by atomic mass is 35.6. The molecule has 1 aromatic carbocycles. The molecule has 0 spiro atoms. The van der Waals surface area contributed by atoms with Gasteiger partial charge in [0.2, 0.25) is 5.78 Å². The second kappa shape index (κ2) is 4.92. The summed E-state index contributed by atoms with van der Waals surface area (Å²) in [6, 6.07) is 4.06. The van der Waals surface area contributed by atoms with Crippen LogP contribution in [0.1, 0.15) is 10.4 Å². The third kappa shape index (κ3) is 4.61. The van der Waals surface area contributed by atoms with Crippen molar-refractivity contribution >= 4 is 40.6 Å². The predicted molar refractivity (Wildman–Crippen MR) is 57.7 cm³/mol. The Kier molecular flexibility index (Phi) is 4.17. The lowest BCUT2D eigenvalue weighted by molar-refractivity contribution is -0.274. The lowest BCUT2D eigenvalue weighted by Gasteiger charge is -2.11. The molecule has 0 heterocycles. The molecule has 94 valence electrons. The zero-order valence-corrected chi connectivity index (χ0v) is 10.2. The maximum absolute atomic E-state index is 11.8. The number of hydrogen-bond donors (Lipinski definition) is 0. The first kappa shape index (κ1) is 14.4. The van der Waals surface area contributed by atoms with Gasteiger partial charge in [-0.25, -0.2) is 0 Å². The number of carbonyl (C=O) groups is 1. The summed E-state index contributed by atoms with van der Waals surface area (Å²) in [5.74, 6) is -1.29. The minimum Gasteiger partial charge on any atom is -0.406 e. The highest BCUT2D eigenvalue weighted by Gasteiger charge is 2.33. The Bertz CT molecular complexity index is 409. The zero-order chi connectivity index (χ0) is 13.3. The molecule has 1 aromatic rings. The number of rotatable bonds is 2. The van der Waals surface area contributed by atoms with Crippen molar-refractivity contribution in [3.05, 3.63) is 29.8 Å². The molecule has 2 nitrogen and oxygen atoms in total. The average molecular weight is 307 g/mol. The number of ketones is 1. The fourth-order valence-electron chi connectivity index (χ4n) is 0.972. The molecule has 0 unspecified atom stereocenters. The molecule has 0 aliphatic heterocycles. The molecule has 0 aromatic heterocycles. The Morgan fingerprint density at radius 3 is 1.88 bits per heavy atom. The van der Waals surface area contributed by atoms with Crippen LogP contribution in [0, 0.1) is 0 Å². The molecule has 0 aliphatic carbocycles. The molecule has 0 N–H and O–H groups in total. The normalized spacial score (nSPS) is 12.4. The first-order chi connectivity index (χ1) is 7.59. The largest absolute Gasteiger partial charge is 0.573 e. The van der Waals surface area contributed by atoms with E-state index < -0.39 is 21.7 Å². The van der Waals surface area contributed by atoms with E-state index in [0.29, 0.717) is 0 Å². The van der Waals surface area contributed by atoms with E-state index in [1.165, 1.54) is 0 Å². The Morgan fingerprint density at radius 1 is 1.06 bits per heavy atom. The molecule has 0 fully saturated rings. The van der Waals surface area contributed by atoms with Crippen molar-refractivity contribution in [3.8, 4) is 5.75 Å². The molecule has 17 heavy (non-hydrogen) atoms. The van der Waals surface area contributed by atoms with E-state index in [1.54, 1.807) is 0 Å². The summed E-state index contributed by atoms with van der Waals surface area (Å²) in [7, 11) is 0. The molecular weight excluding hydrogens is 303 g/mol. The Labute approximate surface area is 109 Å². The van der Waals surface area contributed by atoms with Crippen molar-refractivity contribution in [2.45, 2.75) is 10.2 Å². The molecule has 0 aliphatic rings. The number of Topliss-reactive ketones (excluding diaryl/α,β-unsaturated/α-hetero) is 1. The van der Waals surface area contributed by atoms with Crippen LogP contribution < -0.4 is 4.74 Å². The van der Waals surface area contributed by atoms with Gasteiger partial charge in [0.1, 0.15) is 5.75 Å². The van der Waals surface area contributed by atoms with Gasteiger partial charge >= 0.3 is 6.36 Å². The number of benzene rings is 1. The predicted octanol–water partition coefficient (Wildman–Crippen LogP) is 4.14. The second-order valence-electron chi connectivity index (χ2n) is 2.90. The van der Waals surface area contributed by atoms with Crippen LogP contribution in [-0.2, 0) is 0 Å². The van der Waals surface area contributed by atoms with E-state index in [1.807, 2.05) is 0 Å². The van der Waals surface area contributed by atoms with Gasteiger partial charge in [-0.15, -0.1) is 13.2 Å². The fourth-order valence-corrected chi connectivity index (χ4v) is 1.30. The molecule has 0 bridgehead atoms. The Balaban J connectivity index is 2.86. The van der Waals surface area contributed by atoms with Crippen LogP contribution in [0.25, 0.3) is 0 Å². The SMILES string of the molecule is O=C(c1ccc(OC(F)(F)F)cc1)C(Cl)(Cl)Cl. The molecule has 0 atom stereocenters. The summed E-state index contributed by atoms with van der Waals surface area (Å²) >= 11 is 16.0. The highest BCUT2D eigenvalue weighted by Crippen LogP contribution is 2.31. The van der Waals surface area contributed by atoms with Crippen LogP contribution in [-0.4, -0.2) is 15.9 Å². The lowest BCUT2D eigenvalue weighted by atomic mass is 10.1. The summed E-state index contributed by atoms with van der Waals surface area (Å²) in [6.07, 6.45) is -4.79. The van der Waals surface area contributed by atoms with Gasteiger partial charge in [-0.2, -0.15) is 0 Å². The summed E-state index contributed by atoms with van der Waals surface area (Å²) in [5.41, 5.74) is -0.0282. The zero-order valence-electron chi connectivity index (χ0n) is 7.89. The highest BCUT2D eigenvalue weighted by molar-refractivity contribution is 6.77. The van der Waals surface area contributed by atoms with Gasteiger partial charge in [0.15, 0.2) is 0 Å². The average Bonchev–Trinajstić information content (AvgIpc) is 2.14. The fraction of sp³-hybridized carbons (Fsp3) is 0.222. The van der Waals surface area contributed by atoms with Crippen molar-refractivity contribution in [2.75, 3.05) is 0 Å². The van der Waals surface area contributed by atoms with Crippen LogP contribution in [0.4, 0.5) is 13.2 Å². The third-order valence-electron chi connectivity index (χ3n) is 1.61. The van der Waals surface area contributed by atoms with Crippen molar-refractivity contribution in [1.82, 2.24) is 0 Å². The topological polar surface area (TPSA) is 26.3 Å². The number of alkyl halides is 6. The van der Waals surface area contributed by atoms with Crippen molar-refractivity contribution in [3.63, 3.8) is 0 Å². The van der Waals surface area contributed by atoms with Gasteiger partial charge in [-0.3, -0.25) is 4.79 Å². The van der Waals surface area contributed by atoms with Gasteiger partial charge < -0.3 is 4.74 Å². The molecule has 0 amide bonds. The first-order valence-corrected chi connectivity index (χ1v) is 5.20. The second-order valence-corrected chi connectivity index (χ2v) is 5.18. The molecule has 8 heteroatoms. The van der Waals surface area contributed by atoms with Gasteiger partial charge in [0, 0.05) is 5.56 Å². The summed E-state index contributed by atoms with van der Waals surface area (Å²) in [6.45, 7) is 0. The summed E-state index contributed by atoms with van der Waals surface area (Å²) < 4.78 is 37.0. The molecular formula is C9H4Cl3F3O2. The molecule has 0 saturated carbocycles. The quantitative estimate of drug-likeness (QED) is 0.606. The third-order valence-corrected chi connectivity index (χ3v) is 2.12. The monoisotopic (exact) mass is 306 g/mol. The van der Waals surface area contributed by atoms with Crippen LogP contribution in [0.3, 0.4) is 0 Å². The van der Waals surface area contributed by atoms with E-state index in [2.05, 4.69) is 4.74 Å². The molecule has 0 saturated heterocycles. The van der Waals surface area contributed by atoms with Gasteiger partial charge in [-0.1, -0.05) is 34.8 Å². The number of carbonyl (C=O) groups excluding carboxylic acids is 1. The number of ether oxygens (including phenoxy) is 1. The summed E-state index contributed by atoms with van der Waals surface area (Å²) in [4.78, 5) is 11.4. The van der Waals surface area contributed by atoms with Gasteiger partial charge in [-0.05, 0) is 24.3 Å². The van der Waals surface area contributed by atoms with E-state index in [0.717, 1.165) is 24.3 Å². The maximum atomic E-state index is 11.8. The smallest absolute Gasteiger partial charge is 0.406 e. The summed E-state index contributed by atoms with van der Waals surface area (Å²) in [5, 5.41) is 0. The van der Waals surface area contributed by atoms with Crippen LogP contribution in [0.15, 0.2) is 24.3 Å². The van der Waals surface area contributed by atoms with Crippen molar-refractivity contribution in [2.24, 2.45) is 0 Å². The minimum absolute atomic E-state index is 0.0282. The van der Waals surface area contributed by atoms with Gasteiger partial charge in [0.05, 0.1) is 0 Å². The van der Waals surface area contributed by atoms with E-state index >= 15 is 0 Å². The van der Waals surface area contributed by atoms with Gasteiger partial charge in [0.25, 0.3) is 3.79 Å². The van der Waals surface area contributed by atoms with E-state index in [9.17, 15) is 18.0 Å². The van der Waals surface area contributed by atoms with Crippen LogP contribution >= 0.6 is 34.8 Å². The minimum atomic E-state index is -4.79. The van der Waals surface area contributed by atoms with E-state index in [-0.39, 0.29) is 5.56 Å². The number of halogens is 6. The maximum Gasteiger partial charge on any atom is 0.573 e. The number of hydrogen-bond acceptors (Lipinski definition) is 2. The van der Waals surface area contributed by atoms with Crippen LogP contribution in [0.2, 0.25) is 0 Å². The van der Waals surface area contributed by atoms with Crippen molar-refractivity contribution < 1.29 is 22.7 Å². The Morgan fingerprint density at radius 2 is 1.53 bits per heavy atom. The lowest BCUT2D eigenvalue weighted by Crippen LogP contribution is -2.19. The Hall–Kier alpha value is -0.650. The van der Waals surface area contributed by atoms with Crippen LogP contribution in [0.5, 0.6) is 5.75 Å². The van der Waals surface area contributed by atoms with E-state index in [4.69, 9.17) is 34.8 Å². The first-order valence-electron chi connectivity index (χ1n) is 4.07. The molecule has 1 rings (SSSR count). The molecule has 0 radical (unpaired) electrons.